The number of sulfone groups is 1. The molecule has 3 aromatic carbocycles. The Hall–Kier alpha value is -4.83. The molecule has 5 aromatic rings. The second-order valence-electron chi connectivity index (χ2n) is 15.9. The highest BCUT2D eigenvalue weighted by Gasteiger charge is 2.41. The van der Waals surface area contributed by atoms with Gasteiger partial charge < -0.3 is 19.8 Å². The fourth-order valence-electron chi connectivity index (χ4n) is 7.92. The smallest absolute Gasteiger partial charge is 0.401 e. The van der Waals surface area contributed by atoms with Crippen LogP contribution in [0, 0.1) is 23.0 Å². The predicted octanol–water partition coefficient (Wildman–Crippen LogP) is 8.38. The minimum Gasteiger partial charge on any atom is -0.466 e. The first-order valence-electron chi connectivity index (χ1n) is 19.2. The van der Waals surface area contributed by atoms with Gasteiger partial charge in [-0.15, -0.1) is 0 Å². The number of carbonyl (C=O) groups excluding carboxylic acids is 1. The number of benzene rings is 3. The molecule has 2 aromatic heterocycles. The molecule has 1 aliphatic heterocycles. The Morgan fingerprint density at radius 2 is 1.86 bits per heavy atom. The van der Waals surface area contributed by atoms with Gasteiger partial charge in [-0.1, -0.05) is 51.5 Å². The number of nitrogens with one attached hydrogen (secondary N) is 2. The van der Waals surface area contributed by atoms with Crippen LogP contribution < -0.4 is 10.1 Å². The van der Waals surface area contributed by atoms with Gasteiger partial charge in [-0.05, 0) is 73.4 Å². The third kappa shape index (κ3) is 9.71. The quantitative estimate of drug-likeness (QED) is 0.118. The van der Waals surface area contributed by atoms with Crippen molar-refractivity contribution in [2.24, 2.45) is 18.4 Å². The van der Waals surface area contributed by atoms with Crippen molar-refractivity contribution in [3.05, 3.63) is 94.9 Å². The van der Waals surface area contributed by atoms with Crippen LogP contribution in [0.4, 0.5) is 22.0 Å². The number of rotatable bonds is 8. The Morgan fingerprint density at radius 3 is 2.60 bits per heavy atom. The minimum atomic E-state index is -4.55. The molecular formula is C42H48F5N5O5S. The van der Waals surface area contributed by atoms with Gasteiger partial charge in [0.2, 0.25) is 0 Å². The summed E-state index contributed by atoms with van der Waals surface area (Å²) in [7, 11) is -2.22. The monoisotopic (exact) mass is 829 g/mol. The van der Waals surface area contributed by atoms with Crippen LogP contribution >= 0.6 is 0 Å². The van der Waals surface area contributed by atoms with Crippen LogP contribution in [-0.2, 0) is 44.7 Å². The number of aromatic nitrogens is 4. The zero-order valence-electron chi connectivity index (χ0n) is 33.1. The molecule has 16 heteroatoms. The van der Waals surface area contributed by atoms with Crippen LogP contribution in [0.25, 0.3) is 22.3 Å². The van der Waals surface area contributed by atoms with Gasteiger partial charge in [-0.25, -0.2) is 26.9 Å². The molecule has 4 bridgehead atoms. The van der Waals surface area contributed by atoms with Gasteiger partial charge in [0.05, 0.1) is 41.6 Å². The van der Waals surface area contributed by atoms with Gasteiger partial charge in [-0.3, -0.25) is 4.79 Å². The van der Waals surface area contributed by atoms with E-state index >= 15 is 8.78 Å². The number of hydrogen-bond donors (Lipinski definition) is 2. The Bertz CT molecular complexity index is 2390. The van der Waals surface area contributed by atoms with Crippen molar-refractivity contribution in [2.75, 3.05) is 31.2 Å². The molecule has 58 heavy (non-hydrogen) atoms. The molecule has 0 radical (unpaired) electrons. The highest BCUT2D eigenvalue weighted by molar-refractivity contribution is 7.91. The molecule has 312 valence electrons. The van der Waals surface area contributed by atoms with Crippen molar-refractivity contribution in [3.63, 3.8) is 0 Å². The molecule has 0 fully saturated rings. The molecule has 2 unspecified atom stereocenters. The molecule has 0 saturated carbocycles. The van der Waals surface area contributed by atoms with Gasteiger partial charge >= 0.3 is 12.1 Å². The molecule has 1 aliphatic rings. The summed E-state index contributed by atoms with van der Waals surface area (Å²) in [5, 5.41) is 7.89. The average Bonchev–Trinajstić information content (AvgIpc) is 3.76. The van der Waals surface area contributed by atoms with Crippen molar-refractivity contribution < 1.29 is 44.6 Å². The first kappa shape index (κ1) is 42.8. The molecule has 2 atom stereocenters. The zero-order chi connectivity index (χ0) is 42.0. The molecule has 3 heterocycles. The largest absolute Gasteiger partial charge is 0.466 e. The number of nitrogens with zero attached hydrogens (tertiary/aromatic N) is 3. The van der Waals surface area contributed by atoms with Gasteiger partial charge in [-0.2, -0.15) is 18.3 Å². The van der Waals surface area contributed by atoms with Crippen molar-refractivity contribution in [2.45, 2.75) is 71.4 Å². The number of carbonyl (C=O) groups is 1. The summed E-state index contributed by atoms with van der Waals surface area (Å²) in [5.41, 5.74) is -0.162. The SMILES string of the molecule is CCOC(=O)C(C)Cc1cccc(C2(CNCC(F)(F)F)CCCC(C)(C)CS(=O)(=O)CCc3c(c(F)cc4[nH]ccc34)Oc3ccc(F)c(c3)-c3nc2nn3C)c1. The van der Waals surface area contributed by atoms with E-state index in [4.69, 9.17) is 19.6 Å². The Labute approximate surface area is 334 Å². The summed E-state index contributed by atoms with van der Waals surface area (Å²) in [6, 6.07) is 13.9. The van der Waals surface area contributed by atoms with E-state index in [0.717, 1.165) is 11.6 Å². The van der Waals surface area contributed by atoms with E-state index in [2.05, 4.69) is 10.3 Å². The van der Waals surface area contributed by atoms with Crippen LogP contribution in [0.15, 0.2) is 60.8 Å². The highest BCUT2D eigenvalue weighted by atomic mass is 32.2. The lowest BCUT2D eigenvalue weighted by molar-refractivity contribution is -0.147. The number of hydrogen-bond acceptors (Lipinski definition) is 8. The second-order valence-corrected chi connectivity index (χ2v) is 18.1. The number of halogens is 5. The van der Waals surface area contributed by atoms with Crippen LogP contribution in [0.1, 0.15) is 69.5 Å². The zero-order valence-corrected chi connectivity index (χ0v) is 33.9. The lowest BCUT2D eigenvalue weighted by atomic mass is 9.73. The fraction of sp³-hybridized carbons (Fsp3) is 0.452. The normalized spacial score (nSPS) is 19.1. The number of alkyl halides is 3. The van der Waals surface area contributed by atoms with E-state index in [0.29, 0.717) is 34.9 Å². The minimum absolute atomic E-state index is 0.0302. The number of fused-ring (bicyclic) bond motifs is 8. The first-order chi connectivity index (χ1) is 27.3. The van der Waals surface area contributed by atoms with E-state index in [-0.39, 0.29) is 72.6 Å². The fourth-order valence-corrected chi connectivity index (χ4v) is 9.91. The summed E-state index contributed by atoms with van der Waals surface area (Å²) >= 11 is 0. The Kier molecular flexibility index (Phi) is 12.4. The van der Waals surface area contributed by atoms with Gasteiger partial charge in [0, 0.05) is 42.3 Å². The number of aromatic amines is 1. The lowest BCUT2D eigenvalue weighted by Crippen LogP contribution is -2.43. The Balaban J connectivity index is 1.53. The number of ether oxygens (including phenoxy) is 2. The van der Waals surface area contributed by atoms with Gasteiger partial charge in [0.1, 0.15) is 11.6 Å². The topological polar surface area (TPSA) is 128 Å². The van der Waals surface area contributed by atoms with Crippen molar-refractivity contribution in [1.82, 2.24) is 25.1 Å². The summed E-state index contributed by atoms with van der Waals surface area (Å²) in [6.07, 6.45) is -1.87. The van der Waals surface area contributed by atoms with Crippen LogP contribution in [-0.4, -0.2) is 71.5 Å². The van der Waals surface area contributed by atoms with Gasteiger partial charge in [0.15, 0.2) is 33.1 Å². The highest BCUT2D eigenvalue weighted by Crippen LogP contribution is 2.41. The molecule has 0 spiro atoms. The van der Waals surface area contributed by atoms with E-state index in [1.54, 1.807) is 38.2 Å². The van der Waals surface area contributed by atoms with E-state index < -0.39 is 56.9 Å². The van der Waals surface area contributed by atoms with E-state index in [9.17, 15) is 26.4 Å². The maximum atomic E-state index is 15.8. The Morgan fingerprint density at radius 1 is 1.09 bits per heavy atom. The predicted molar refractivity (Wildman–Crippen MR) is 210 cm³/mol. The van der Waals surface area contributed by atoms with Crippen molar-refractivity contribution in [3.8, 4) is 22.9 Å². The van der Waals surface area contributed by atoms with Crippen LogP contribution in [0.5, 0.6) is 11.5 Å². The lowest BCUT2D eigenvalue weighted by Gasteiger charge is -2.34. The molecule has 6 rings (SSSR count). The average molecular weight is 830 g/mol. The van der Waals surface area contributed by atoms with E-state index in [1.807, 2.05) is 26.0 Å². The maximum Gasteiger partial charge on any atom is 0.401 e. The molecule has 2 N–H and O–H groups in total. The molecule has 0 aliphatic carbocycles. The second kappa shape index (κ2) is 16.8. The maximum absolute atomic E-state index is 15.8. The number of esters is 1. The standard InChI is InChI=1S/C42H48F5N5O5S/c1-6-56-38(53)26(2)19-27-9-7-10-28(20-27)41(23-48-24-42(45,46)47)16-8-15-40(3,4)25-58(54,55)18-14-31-30-13-17-49-35(30)22-34(44)36(31)57-29-11-12-33(43)32(21-29)37-50-39(41)51-52(37)5/h7,9-13,17,20-22,26,48-49H,6,8,14-16,18-19,23-25H2,1-5H3. The third-order valence-electron chi connectivity index (χ3n) is 10.6. The summed E-state index contributed by atoms with van der Waals surface area (Å²) in [6.45, 7) is 5.67. The van der Waals surface area contributed by atoms with Crippen molar-refractivity contribution >= 4 is 26.7 Å². The van der Waals surface area contributed by atoms with Crippen molar-refractivity contribution in [1.29, 1.82) is 0 Å². The molecular weight excluding hydrogens is 782 g/mol. The summed E-state index contributed by atoms with van der Waals surface area (Å²) < 4.78 is 113. The number of aryl methyl sites for hydroxylation is 2. The molecule has 0 amide bonds. The summed E-state index contributed by atoms with van der Waals surface area (Å²) in [5.74, 6) is -2.94. The third-order valence-corrected chi connectivity index (χ3v) is 12.7. The first-order valence-corrected chi connectivity index (χ1v) is 21.0. The van der Waals surface area contributed by atoms with Gasteiger partial charge in [0.25, 0.3) is 0 Å². The van der Waals surface area contributed by atoms with E-state index in [1.165, 1.54) is 29.9 Å². The molecule has 10 nitrogen and oxygen atoms in total. The molecule has 0 saturated heterocycles. The van der Waals surface area contributed by atoms with Crippen LogP contribution in [0.3, 0.4) is 0 Å². The van der Waals surface area contributed by atoms with Crippen LogP contribution in [0.2, 0.25) is 0 Å². The summed E-state index contributed by atoms with van der Waals surface area (Å²) in [4.78, 5) is 20.4. The number of H-pyrrole nitrogens is 1.